The molecule has 0 unspecified atom stereocenters. The number of unbranched alkanes of at least 4 members (excludes halogenated alkanes) is 2. The smallest absolute Gasteiger partial charge is 0.325 e. The standard InChI is InChI=1S/C32H42N4O5/c1-4-5-6-18-41-30-21-26(10-11-29(30)39-3)35-15-12-24(2)36(32(35)38)22-25-8-7-9-28-27(25)13-14-34(28)23-31(37)33-16-19-40-20-17-33/h7-11,13-14,21,24H,4-6,12,15-20,22-23H2,1-3H3/t24-/m0/s1. The van der Waals surface area contributed by atoms with Crippen molar-refractivity contribution in [3.05, 3.63) is 54.2 Å². The van der Waals surface area contributed by atoms with E-state index in [1.807, 2.05) is 55.8 Å². The van der Waals surface area contributed by atoms with Crippen molar-refractivity contribution < 1.29 is 23.8 Å². The summed E-state index contributed by atoms with van der Waals surface area (Å²) in [6, 6.07) is 14.0. The number of fused-ring (bicyclic) bond motifs is 1. The Hall–Kier alpha value is -3.72. The van der Waals surface area contributed by atoms with Crippen LogP contribution in [0.1, 0.15) is 45.1 Å². The molecule has 2 aliphatic rings. The first-order valence-electron chi connectivity index (χ1n) is 14.8. The van der Waals surface area contributed by atoms with Gasteiger partial charge >= 0.3 is 6.03 Å². The second-order valence-electron chi connectivity index (χ2n) is 10.9. The molecular formula is C32H42N4O5. The van der Waals surface area contributed by atoms with E-state index in [1.54, 1.807) is 7.11 Å². The Bertz CT molecular complexity index is 1350. The van der Waals surface area contributed by atoms with Gasteiger partial charge in [-0.25, -0.2) is 4.79 Å². The summed E-state index contributed by atoms with van der Waals surface area (Å²) < 4.78 is 19.0. The van der Waals surface area contributed by atoms with Crippen LogP contribution < -0.4 is 14.4 Å². The lowest BCUT2D eigenvalue weighted by Crippen LogP contribution is -2.53. The summed E-state index contributed by atoms with van der Waals surface area (Å²) >= 11 is 0. The van der Waals surface area contributed by atoms with Crippen LogP contribution in [0.5, 0.6) is 11.5 Å². The van der Waals surface area contributed by atoms with Crippen LogP contribution in [0.2, 0.25) is 0 Å². The fourth-order valence-corrected chi connectivity index (χ4v) is 5.66. The number of benzene rings is 2. The predicted octanol–water partition coefficient (Wildman–Crippen LogP) is 5.30. The van der Waals surface area contributed by atoms with E-state index in [-0.39, 0.29) is 18.0 Å². The number of urea groups is 1. The van der Waals surface area contributed by atoms with Crippen LogP contribution in [0.4, 0.5) is 10.5 Å². The first kappa shape index (κ1) is 28.8. The minimum Gasteiger partial charge on any atom is -0.493 e. The van der Waals surface area contributed by atoms with Gasteiger partial charge < -0.3 is 28.6 Å². The van der Waals surface area contributed by atoms with E-state index in [4.69, 9.17) is 14.2 Å². The molecule has 2 aromatic carbocycles. The van der Waals surface area contributed by atoms with Crippen LogP contribution in [-0.2, 0) is 22.6 Å². The number of methoxy groups -OCH3 is 1. The van der Waals surface area contributed by atoms with Crippen LogP contribution in [0.15, 0.2) is 48.7 Å². The highest BCUT2D eigenvalue weighted by molar-refractivity contribution is 5.94. The molecule has 9 heteroatoms. The maximum absolute atomic E-state index is 13.9. The lowest BCUT2D eigenvalue weighted by molar-refractivity contribution is -0.135. The fourth-order valence-electron chi connectivity index (χ4n) is 5.66. The quantitative estimate of drug-likeness (QED) is 0.297. The van der Waals surface area contributed by atoms with Gasteiger partial charge in [-0.1, -0.05) is 31.9 Å². The van der Waals surface area contributed by atoms with Crippen molar-refractivity contribution in [2.24, 2.45) is 0 Å². The Morgan fingerprint density at radius 1 is 1.05 bits per heavy atom. The van der Waals surface area contributed by atoms with Crippen molar-refractivity contribution in [1.82, 2.24) is 14.4 Å². The van der Waals surface area contributed by atoms with Crippen molar-refractivity contribution in [1.29, 1.82) is 0 Å². The number of ether oxygens (including phenoxy) is 3. The molecule has 9 nitrogen and oxygen atoms in total. The predicted molar refractivity (Wildman–Crippen MR) is 160 cm³/mol. The maximum atomic E-state index is 13.9. The molecule has 220 valence electrons. The summed E-state index contributed by atoms with van der Waals surface area (Å²) in [5, 5.41) is 1.06. The molecule has 2 fully saturated rings. The number of anilines is 1. The van der Waals surface area contributed by atoms with E-state index in [2.05, 4.69) is 26.0 Å². The van der Waals surface area contributed by atoms with Gasteiger partial charge in [0.15, 0.2) is 11.5 Å². The monoisotopic (exact) mass is 562 g/mol. The number of carbonyl (C=O) groups excluding carboxylic acids is 2. The number of hydrogen-bond donors (Lipinski definition) is 0. The van der Waals surface area contributed by atoms with Crippen molar-refractivity contribution in [3.8, 4) is 11.5 Å². The first-order valence-corrected chi connectivity index (χ1v) is 14.8. The Kier molecular flexibility index (Phi) is 9.34. The summed E-state index contributed by atoms with van der Waals surface area (Å²) in [6.07, 6.45) is 6.04. The number of morpholine rings is 1. The summed E-state index contributed by atoms with van der Waals surface area (Å²) in [6.45, 7) is 8.76. The third-order valence-corrected chi connectivity index (χ3v) is 8.16. The first-order chi connectivity index (χ1) is 20.0. The molecule has 0 aliphatic carbocycles. The molecule has 1 aromatic heterocycles. The SMILES string of the molecule is CCCCCOc1cc(N2CC[C@H](C)N(Cc3cccc4c3ccn4CC(=O)N3CCOCC3)C2=O)ccc1OC. The van der Waals surface area contributed by atoms with E-state index < -0.39 is 0 Å². The van der Waals surface area contributed by atoms with Crippen LogP contribution in [-0.4, -0.2) is 78.9 Å². The van der Waals surface area contributed by atoms with Gasteiger partial charge in [-0.15, -0.1) is 0 Å². The lowest BCUT2D eigenvalue weighted by Gasteiger charge is -2.40. The normalized spacial score (nSPS) is 17.8. The molecule has 3 aromatic rings. The number of carbonyl (C=O) groups is 2. The zero-order valence-electron chi connectivity index (χ0n) is 24.5. The molecule has 1 atom stereocenters. The van der Waals surface area contributed by atoms with E-state index >= 15 is 0 Å². The van der Waals surface area contributed by atoms with Crippen molar-refractivity contribution in [2.45, 2.75) is 58.7 Å². The molecule has 41 heavy (non-hydrogen) atoms. The van der Waals surface area contributed by atoms with Crippen LogP contribution in [0, 0.1) is 0 Å². The lowest BCUT2D eigenvalue weighted by atomic mass is 10.1. The highest BCUT2D eigenvalue weighted by atomic mass is 16.5. The van der Waals surface area contributed by atoms with E-state index in [0.717, 1.165) is 47.8 Å². The molecular weight excluding hydrogens is 520 g/mol. The summed E-state index contributed by atoms with van der Waals surface area (Å²) in [5.41, 5.74) is 2.87. The zero-order valence-corrected chi connectivity index (χ0v) is 24.5. The second-order valence-corrected chi connectivity index (χ2v) is 10.9. The number of amides is 3. The Morgan fingerprint density at radius 2 is 1.88 bits per heavy atom. The minimum absolute atomic E-state index is 0.0234. The molecule has 3 heterocycles. The van der Waals surface area contributed by atoms with Crippen LogP contribution in [0.3, 0.4) is 0 Å². The third kappa shape index (κ3) is 6.45. The van der Waals surface area contributed by atoms with Crippen molar-refractivity contribution in [2.75, 3.05) is 51.5 Å². The average Bonchev–Trinajstić information content (AvgIpc) is 3.41. The Morgan fingerprint density at radius 3 is 2.66 bits per heavy atom. The van der Waals surface area contributed by atoms with Gasteiger partial charge in [-0.2, -0.15) is 0 Å². The van der Waals surface area contributed by atoms with Crippen molar-refractivity contribution >= 4 is 28.5 Å². The van der Waals surface area contributed by atoms with Gasteiger partial charge in [-0.3, -0.25) is 9.69 Å². The molecule has 5 rings (SSSR count). The molecule has 2 saturated heterocycles. The van der Waals surface area contributed by atoms with Gasteiger partial charge in [0.25, 0.3) is 0 Å². The van der Waals surface area contributed by atoms with E-state index in [1.165, 1.54) is 0 Å². The molecule has 3 amide bonds. The highest BCUT2D eigenvalue weighted by Gasteiger charge is 2.32. The van der Waals surface area contributed by atoms with Gasteiger partial charge in [0, 0.05) is 61.1 Å². The summed E-state index contributed by atoms with van der Waals surface area (Å²) in [4.78, 5) is 32.4. The molecule has 2 aliphatic heterocycles. The topological polar surface area (TPSA) is 76.5 Å². The molecule has 0 spiro atoms. The zero-order chi connectivity index (χ0) is 28.8. The molecule has 0 N–H and O–H groups in total. The molecule has 0 saturated carbocycles. The maximum Gasteiger partial charge on any atom is 0.325 e. The number of nitrogens with zero attached hydrogens (tertiary/aromatic N) is 4. The van der Waals surface area contributed by atoms with Crippen molar-refractivity contribution in [3.63, 3.8) is 0 Å². The van der Waals surface area contributed by atoms with Gasteiger partial charge in [0.05, 0.1) is 26.9 Å². The summed E-state index contributed by atoms with van der Waals surface area (Å²) in [5.74, 6) is 1.43. The van der Waals surface area contributed by atoms with E-state index in [9.17, 15) is 9.59 Å². The van der Waals surface area contributed by atoms with E-state index in [0.29, 0.717) is 64.0 Å². The third-order valence-electron chi connectivity index (χ3n) is 8.16. The molecule has 0 bridgehead atoms. The minimum atomic E-state index is -0.0234. The number of hydrogen-bond acceptors (Lipinski definition) is 5. The molecule has 0 radical (unpaired) electrons. The van der Waals surface area contributed by atoms with Gasteiger partial charge in [-0.05, 0) is 49.6 Å². The highest BCUT2D eigenvalue weighted by Crippen LogP contribution is 2.34. The van der Waals surface area contributed by atoms with Gasteiger partial charge in [0.1, 0.15) is 6.54 Å². The Labute approximate surface area is 242 Å². The largest absolute Gasteiger partial charge is 0.493 e. The van der Waals surface area contributed by atoms with Crippen LogP contribution >= 0.6 is 0 Å². The van der Waals surface area contributed by atoms with Gasteiger partial charge in [0.2, 0.25) is 5.91 Å². The fraction of sp³-hybridized carbons (Fsp3) is 0.500. The van der Waals surface area contributed by atoms with Crippen LogP contribution in [0.25, 0.3) is 10.9 Å². The summed E-state index contributed by atoms with van der Waals surface area (Å²) in [7, 11) is 1.63. The Balaban J connectivity index is 1.32. The number of rotatable bonds is 11. The second kappa shape index (κ2) is 13.3. The number of aromatic nitrogens is 1. The average molecular weight is 563 g/mol.